The van der Waals surface area contributed by atoms with Gasteiger partial charge < -0.3 is 9.47 Å². The van der Waals surface area contributed by atoms with E-state index < -0.39 is 35.6 Å². The van der Waals surface area contributed by atoms with Gasteiger partial charge in [-0.25, -0.2) is 19.4 Å². The molecule has 0 radical (unpaired) electrons. The van der Waals surface area contributed by atoms with Gasteiger partial charge >= 0.3 is 11.9 Å². The van der Waals surface area contributed by atoms with Crippen molar-refractivity contribution in [2.45, 2.75) is 27.7 Å². The topological polar surface area (TPSA) is 127 Å². The maximum absolute atomic E-state index is 12.9. The van der Waals surface area contributed by atoms with E-state index in [1.165, 1.54) is 48.5 Å². The second-order valence-electron chi connectivity index (χ2n) is 10.9. The zero-order valence-corrected chi connectivity index (χ0v) is 25.2. The van der Waals surface area contributed by atoms with Crippen molar-refractivity contribution in [2.75, 3.05) is 9.80 Å². The van der Waals surface area contributed by atoms with Gasteiger partial charge in [-0.05, 0) is 111 Å². The minimum atomic E-state index is -0.639. The quantitative estimate of drug-likeness (QED) is 0.154. The third-order valence-corrected chi connectivity index (χ3v) is 8.15. The molecule has 4 aromatic rings. The van der Waals surface area contributed by atoms with Gasteiger partial charge in [-0.1, -0.05) is 12.1 Å². The van der Waals surface area contributed by atoms with Gasteiger partial charge in [0.1, 0.15) is 11.5 Å². The normalized spacial score (nSPS) is 15.0. The van der Waals surface area contributed by atoms with Crippen molar-refractivity contribution < 1.29 is 38.2 Å². The number of esters is 2. The molecule has 0 saturated heterocycles. The Hall–Kier alpha value is -6.16. The molecule has 228 valence electrons. The number of carbonyl (C=O) groups is 6. The van der Waals surface area contributed by atoms with E-state index in [0.717, 1.165) is 15.2 Å². The number of ether oxygens (including phenoxy) is 2. The fraction of sp³-hybridized carbons (Fsp3) is 0.111. The molecule has 0 atom stereocenters. The zero-order chi connectivity index (χ0) is 32.9. The van der Waals surface area contributed by atoms with Crippen LogP contribution in [0.2, 0.25) is 0 Å². The highest BCUT2D eigenvalue weighted by Crippen LogP contribution is 2.30. The van der Waals surface area contributed by atoms with Crippen molar-refractivity contribution in [2.24, 2.45) is 0 Å². The summed E-state index contributed by atoms with van der Waals surface area (Å²) < 4.78 is 11.1. The van der Waals surface area contributed by atoms with Crippen LogP contribution >= 0.6 is 0 Å². The first-order chi connectivity index (χ1) is 21.9. The Labute approximate surface area is 263 Å². The molecule has 6 rings (SSSR count). The molecule has 0 aliphatic carbocycles. The Morgan fingerprint density at radius 2 is 0.783 bits per heavy atom. The lowest BCUT2D eigenvalue weighted by Gasteiger charge is -2.15. The second-order valence-corrected chi connectivity index (χ2v) is 10.9. The first-order valence-electron chi connectivity index (χ1n) is 14.3. The van der Waals surface area contributed by atoms with Crippen LogP contribution in [-0.4, -0.2) is 35.6 Å². The molecule has 4 amide bonds. The number of carbonyl (C=O) groups excluding carboxylic acids is 6. The monoisotopic (exact) mass is 614 g/mol. The third kappa shape index (κ3) is 5.15. The molecule has 2 aliphatic heterocycles. The number of benzene rings is 4. The van der Waals surface area contributed by atoms with Crippen LogP contribution in [0.1, 0.15) is 48.4 Å². The molecular formula is C36H26N2O8. The number of nitrogens with zero attached hydrogens (tertiary/aromatic N) is 2. The van der Waals surface area contributed by atoms with Crippen LogP contribution in [0.15, 0.2) is 107 Å². The van der Waals surface area contributed by atoms with E-state index in [-0.39, 0.29) is 22.6 Å². The number of hydrogen-bond acceptors (Lipinski definition) is 8. The van der Waals surface area contributed by atoms with E-state index in [0.29, 0.717) is 39.1 Å². The van der Waals surface area contributed by atoms with Crippen molar-refractivity contribution >= 4 is 57.7 Å². The maximum Gasteiger partial charge on any atom is 0.343 e. The van der Waals surface area contributed by atoms with Gasteiger partial charge in [0.25, 0.3) is 23.6 Å². The predicted molar refractivity (Wildman–Crippen MR) is 168 cm³/mol. The number of rotatable bonds is 6. The lowest BCUT2D eigenvalue weighted by molar-refractivity contribution is -0.122. The highest BCUT2D eigenvalue weighted by molar-refractivity contribution is 6.33. The van der Waals surface area contributed by atoms with E-state index in [1.54, 1.807) is 64.1 Å². The molecule has 4 aromatic carbocycles. The maximum atomic E-state index is 12.9. The third-order valence-electron chi connectivity index (χ3n) is 8.15. The van der Waals surface area contributed by atoms with Crippen LogP contribution < -0.4 is 19.3 Å². The van der Waals surface area contributed by atoms with E-state index in [9.17, 15) is 28.8 Å². The van der Waals surface area contributed by atoms with Crippen LogP contribution in [0.4, 0.5) is 11.4 Å². The molecule has 2 heterocycles. The van der Waals surface area contributed by atoms with Crippen molar-refractivity contribution in [3.05, 3.63) is 118 Å². The zero-order valence-electron chi connectivity index (χ0n) is 25.2. The molecule has 0 fully saturated rings. The van der Waals surface area contributed by atoms with Crippen LogP contribution in [-0.2, 0) is 19.2 Å². The molecule has 0 saturated carbocycles. The highest BCUT2D eigenvalue weighted by atomic mass is 16.5. The summed E-state index contributed by atoms with van der Waals surface area (Å²) in [6.45, 7) is 6.39. The van der Waals surface area contributed by atoms with Crippen LogP contribution in [0.5, 0.6) is 11.5 Å². The Morgan fingerprint density at radius 1 is 0.457 bits per heavy atom. The van der Waals surface area contributed by atoms with Gasteiger partial charge in [-0.2, -0.15) is 0 Å². The fourth-order valence-corrected chi connectivity index (χ4v) is 5.12. The number of imide groups is 2. The molecule has 10 heteroatoms. The predicted octanol–water partition coefficient (Wildman–Crippen LogP) is 5.70. The minimum Gasteiger partial charge on any atom is -0.423 e. The van der Waals surface area contributed by atoms with Gasteiger partial charge in [0.05, 0.1) is 22.5 Å². The highest BCUT2D eigenvalue weighted by Gasteiger charge is 2.35. The van der Waals surface area contributed by atoms with Crippen molar-refractivity contribution in [3.63, 3.8) is 0 Å². The largest absolute Gasteiger partial charge is 0.423 e. The van der Waals surface area contributed by atoms with Crippen LogP contribution in [0, 0.1) is 0 Å². The standard InChI is InChI=1S/C36H26N2O8/c1-19-20(2)32(40)37(31(19)39)27-11-5-24(6-12-27)35(43)45-29-15-9-23-10-16-30(18-26(23)17-29)46-36(44)25-7-13-28(14-8-25)38-33(41)21(3)22(4)34(38)42/h5-18H,1-4H3. The van der Waals surface area contributed by atoms with Crippen molar-refractivity contribution in [1.29, 1.82) is 0 Å². The van der Waals surface area contributed by atoms with E-state index in [1.807, 2.05) is 0 Å². The average molecular weight is 615 g/mol. The van der Waals surface area contributed by atoms with Gasteiger partial charge in [0.15, 0.2) is 0 Å². The van der Waals surface area contributed by atoms with Crippen molar-refractivity contribution in [3.8, 4) is 11.5 Å². The lowest BCUT2D eigenvalue weighted by atomic mass is 10.1. The fourth-order valence-electron chi connectivity index (χ4n) is 5.12. The molecule has 0 unspecified atom stereocenters. The molecule has 0 spiro atoms. The van der Waals surface area contributed by atoms with Gasteiger partial charge in [-0.3, -0.25) is 19.2 Å². The van der Waals surface area contributed by atoms with Crippen molar-refractivity contribution in [1.82, 2.24) is 0 Å². The first kappa shape index (κ1) is 29.9. The first-order valence-corrected chi connectivity index (χ1v) is 14.3. The second kappa shape index (κ2) is 11.4. The Bertz CT molecular complexity index is 1890. The van der Waals surface area contributed by atoms with Gasteiger partial charge in [0, 0.05) is 22.3 Å². The Balaban J connectivity index is 1.13. The molecule has 0 aromatic heterocycles. The molecule has 2 aliphatic rings. The van der Waals surface area contributed by atoms with Crippen LogP contribution in [0.3, 0.4) is 0 Å². The summed E-state index contributed by atoms with van der Waals surface area (Å²) in [7, 11) is 0. The van der Waals surface area contributed by atoms with E-state index in [2.05, 4.69) is 0 Å². The van der Waals surface area contributed by atoms with Gasteiger partial charge in [-0.15, -0.1) is 0 Å². The molecule has 10 nitrogen and oxygen atoms in total. The Morgan fingerprint density at radius 3 is 1.11 bits per heavy atom. The summed E-state index contributed by atoms with van der Waals surface area (Å²) >= 11 is 0. The molecule has 0 bridgehead atoms. The number of anilines is 2. The van der Waals surface area contributed by atoms with E-state index in [4.69, 9.17) is 9.47 Å². The molecule has 0 N–H and O–H groups in total. The van der Waals surface area contributed by atoms with Gasteiger partial charge in [0.2, 0.25) is 0 Å². The summed E-state index contributed by atoms with van der Waals surface area (Å²) in [6.07, 6.45) is 0. The number of hydrogen-bond donors (Lipinski definition) is 0. The summed E-state index contributed by atoms with van der Waals surface area (Å²) in [6, 6.07) is 22.0. The summed E-state index contributed by atoms with van der Waals surface area (Å²) in [5.41, 5.74) is 2.68. The SMILES string of the molecule is CC1=C(C)C(=O)N(c2ccc(C(=O)Oc3ccc4ccc(OC(=O)c5ccc(N6C(=O)C(C)=C(C)C6=O)cc5)cc4c3)cc2)C1=O. The smallest absolute Gasteiger partial charge is 0.343 e. The van der Waals surface area contributed by atoms with E-state index >= 15 is 0 Å². The number of fused-ring (bicyclic) bond motifs is 1. The number of amides is 4. The molecular weight excluding hydrogens is 588 g/mol. The van der Waals surface area contributed by atoms with Crippen LogP contribution in [0.25, 0.3) is 10.8 Å². The molecule has 46 heavy (non-hydrogen) atoms. The summed E-state index contributed by atoms with van der Waals surface area (Å²) in [5, 5.41) is 1.46. The minimum absolute atomic E-state index is 0.220. The Kier molecular flexibility index (Phi) is 7.41. The lowest BCUT2D eigenvalue weighted by Crippen LogP contribution is -2.31. The summed E-state index contributed by atoms with van der Waals surface area (Å²) in [4.78, 5) is 77.7. The average Bonchev–Trinajstić information content (AvgIpc) is 3.37. The summed E-state index contributed by atoms with van der Waals surface area (Å²) in [5.74, 6) is -2.35.